The van der Waals surface area contributed by atoms with Crippen molar-refractivity contribution in [3.8, 4) is 0 Å². The van der Waals surface area contributed by atoms with Crippen LogP contribution in [0.3, 0.4) is 0 Å². The van der Waals surface area contributed by atoms with Gasteiger partial charge >= 0.3 is 96.6 Å². The molecule has 4 unspecified atom stereocenters. The van der Waals surface area contributed by atoms with Crippen LogP contribution in [0.15, 0.2) is 0 Å². The first-order chi connectivity index (χ1) is 17.6. The minimum atomic E-state index is -4.06. The van der Waals surface area contributed by atoms with Gasteiger partial charge in [-0.05, 0) is 13.1 Å². The van der Waals surface area contributed by atoms with E-state index < -0.39 is 96.6 Å². The number of hydrogen-bond acceptors (Lipinski definition) is 17. The summed E-state index contributed by atoms with van der Waals surface area (Å²) in [6.45, 7) is 19.1. The highest BCUT2D eigenvalue weighted by molar-refractivity contribution is 7.01. The summed E-state index contributed by atoms with van der Waals surface area (Å²) in [7, 11) is -42.9. The highest BCUT2D eigenvalue weighted by Crippen LogP contribution is 2.46. The monoisotopic (exact) mass is 762 g/mol. The molecule has 0 aliphatic carbocycles. The Kier molecular flexibility index (Phi) is 7.76. The Morgan fingerprint density at radius 1 is 0.400 bits per heavy atom. The molecule has 0 aromatic rings. The van der Waals surface area contributed by atoms with Gasteiger partial charge in [-0.2, -0.15) is 0 Å². The highest BCUT2D eigenvalue weighted by atomic mass is 28.6. The first-order valence-corrected chi connectivity index (χ1v) is 37.7. The lowest BCUT2D eigenvalue weighted by Crippen LogP contribution is -2.83. The predicted molar refractivity (Wildman–Crippen MR) is 154 cm³/mol. The van der Waals surface area contributed by atoms with E-state index in [0.717, 1.165) is 0 Å². The van der Waals surface area contributed by atoms with Gasteiger partial charge in [0.15, 0.2) is 0 Å². The molecule has 0 spiro atoms. The zero-order valence-corrected chi connectivity index (χ0v) is 35.5. The molecule has 6 heterocycles. The van der Waals surface area contributed by atoms with Crippen LogP contribution in [0.2, 0.25) is 78.6 Å². The summed E-state index contributed by atoms with van der Waals surface area (Å²) < 4.78 is 97.6. The van der Waals surface area contributed by atoms with E-state index in [-0.39, 0.29) is 0 Å². The van der Waals surface area contributed by atoms with Crippen LogP contribution in [-0.4, -0.2) is 106 Å². The van der Waals surface area contributed by atoms with E-state index >= 15 is 0 Å². The maximum absolute atomic E-state index is 11.4. The predicted octanol–water partition coefficient (Wildman–Crippen LogP) is 0.677. The molecule has 17 nitrogen and oxygen atoms in total. The van der Waals surface area contributed by atoms with Crippen molar-refractivity contribution < 1.29 is 71.3 Å². The van der Waals surface area contributed by atoms with Gasteiger partial charge in [0.2, 0.25) is 0 Å². The molecule has 8 bridgehead atoms. The van der Waals surface area contributed by atoms with E-state index in [2.05, 4.69) is 0 Å². The molecule has 6 fully saturated rings. The Hall–Kier alpha value is 1.71. The summed E-state index contributed by atoms with van der Waals surface area (Å²) in [6.07, 6.45) is 0. The highest BCUT2D eigenvalue weighted by Gasteiger charge is 2.76. The standard InChI is InChI=1S/C12H38O17Si11/c1-30(2,13)15-32(4)18-35(7)24-37(9)20-33(5)16-31(3,14)17-34(6)22-39(11,28-37)26-36(8,19-32)27-40(12,23-34)29-38(10,21-33)25-35/h13-14H,1-12H3. The molecular weight excluding hydrogens is 725 g/mol. The van der Waals surface area contributed by atoms with Crippen LogP contribution >= 0.6 is 0 Å². The van der Waals surface area contributed by atoms with E-state index in [1.807, 2.05) is 0 Å². The van der Waals surface area contributed by atoms with Crippen LogP contribution in [0.25, 0.3) is 0 Å². The van der Waals surface area contributed by atoms with Crippen LogP contribution < -0.4 is 0 Å². The second kappa shape index (κ2) is 9.38. The second-order valence-electron chi connectivity index (χ2n) is 11.6. The summed E-state index contributed by atoms with van der Waals surface area (Å²) in [4.78, 5) is 22.3. The molecule has 2 N–H and O–H groups in total. The van der Waals surface area contributed by atoms with Crippen molar-refractivity contribution in [2.75, 3.05) is 0 Å². The lowest BCUT2D eigenvalue weighted by Gasteiger charge is -2.57. The van der Waals surface area contributed by atoms with Gasteiger partial charge in [-0.25, -0.2) is 0 Å². The van der Waals surface area contributed by atoms with Gasteiger partial charge < -0.3 is 71.3 Å². The van der Waals surface area contributed by atoms with Gasteiger partial charge in [0.1, 0.15) is 0 Å². The maximum Gasteiger partial charge on any atom is 0.480 e. The second-order valence-corrected chi connectivity index (χ2v) is 44.1. The van der Waals surface area contributed by atoms with Crippen molar-refractivity contribution in [2.24, 2.45) is 0 Å². The third kappa shape index (κ3) is 7.07. The fourth-order valence-corrected chi connectivity index (χ4v) is 62.4. The van der Waals surface area contributed by atoms with Crippen LogP contribution in [0.1, 0.15) is 0 Å². The fraction of sp³-hybridized carbons (Fsp3) is 1.00. The van der Waals surface area contributed by atoms with Crippen molar-refractivity contribution in [3.63, 3.8) is 0 Å². The third-order valence-corrected chi connectivity index (χ3v) is 50.7. The summed E-state index contributed by atoms with van der Waals surface area (Å²) in [5, 5.41) is 0. The third-order valence-electron chi connectivity index (χ3n) is 5.63. The minimum Gasteiger partial charge on any atom is -0.411 e. The van der Waals surface area contributed by atoms with E-state index in [0.29, 0.717) is 0 Å². The zero-order valence-electron chi connectivity index (χ0n) is 24.5. The summed E-state index contributed by atoms with van der Waals surface area (Å²) in [5.74, 6) is 0. The SMILES string of the molecule is C[Si](C)(O)O[Si]1(C)O[Si]2(C)O[Si]3(C)O[Si]4(C)O[Si](C)(O)O[Si]5(C)O[Si](C)(O[Si](C)(O1)O[Si](C)(O5)O[Si](C)(O4)O2)O3. The Balaban J connectivity index is 1.83. The van der Waals surface area contributed by atoms with Crippen molar-refractivity contribution in [1.82, 2.24) is 0 Å². The molecule has 0 saturated carbocycles. The normalized spacial score (nSPS) is 59.0. The number of fused-ring (bicyclic) bond motifs is 4. The molecule has 6 aliphatic rings. The van der Waals surface area contributed by atoms with Gasteiger partial charge in [0.25, 0.3) is 0 Å². The van der Waals surface area contributed by atoms with Gasteiger partial charge in [0, 0.05) is 65.5 Å². The van der Waals surface area contributed by atoms with Crippen LogP contribution in [0.4, 0.5) is 0 Å². The lowest BCUT2D eigenvalue weighted by atomic mass is 11.9. The molecule has 0 aromatic heterocycles. The molecule has 4 atom stereocenters. The Morgan fingerprint density at radius 2 is 0.600 bits per heavy atom. The number of rotatable bonds is 2. The van der Waals surface area contributed by atoms with Crippen molar-refractivity contribution in [3.05, 3.63) is 0 Å². The quantitative estimate of drug-likeness (QED) is 0.375. The van der Waals surface area contributed by atoms with E-state index in [1.54, 1.807) is 72.0 Å². The smallest absolute Gasteiger partial charge is 0.411 e. The number of hydrogen-bond donors (Lipinski definition) is 2. The molecule has 40 heavy (non-hydrogen) atoms. The molecule has 6 rings (SSSR count). The van der Waals surface area contributed by atoms with Crippen molar-refractivity contribution in [2.45, 2.75) is 78.6 Å². The van der Waals surface area contributed by atoms with Crippen LogP contribution in [-0.2, 0) is 61.7 Å². The Morgan fingerprint density at radius 3 is 0.825 bits per heavy atom. The van der Waals surface area contributed by atoms with Gasteiger partial charge in [0.05, 0.1) is 0 Å². The Bertz CT molecular complexity index is 950. The van der Waals surface area contributed by atoms with Crippen molar-refractivity contribution >= 4 is 96.6 Å². The zero-order chi connectivity index (χ0) is 30.1. The molecular formula is C12H38O17Si11. The van der Waals surface area contributed by atoms with Crippen LogP contribution in [0, 0.1) is 0 Å². The maximum atomic E-state index is 11.4. The van der Waals surface area contributed by atoms with Gasteiger partial charge in [-0.1, -0.05) is 0 Å². The molecule has 0 aromatic carbocycles. The van der Waals surface area contributed by atoms with Gasteiger partial charge in [-0.15, -0.1) is 0 Å². The first kappa shape index (κ1) is 33.1. The average molecular weight is 763 g/mol. The first-order valence-electron chi connectivity index (χ1n) is 12.6. The summed E-state index contributed by atoms with van der Waals surface area (Å²) in [5.41, 5.74) is 0. The topological polar surface area (TPSA) is 179 Å². The lowest BCUT2D eigenvalue weighted by molar-refractivity contribution is 0.000829. The van der Waals surface area contributed by atoms with Crippen LogP contribution in [0.5, 0.6) is 0 Å². The molecule has 6 saturated heterocycles. The fourth-order valence-electron chi connectivity index (χ4n) is 5.77. The molecule has 0 amide bonds. The van der Waals surface area contributed by atoms with Crippen molar-refractivity contribution in [1.29, 1.82) is 0 Å². The summed E-state index contributed by atoms with van der Waals surface area (Å²) >= 11 is 0. The minimum absolute atomic E-state index is 1.42. The molecule has 232 valence electrons. The molecule has 0 radical (unpaired) electrons. The molecule has 6 aliphatic heterocycles. The van der Waals surface area contributed by atoms with Gasteiger partial charge in [-0.3, -0.25) is 0 Å². The van der Waals surface area contributed by atoms with E-state index in [1.165, 1.54) is 6.55 Å². The van der Waals surface area contributed by atoms with E-state index in [4.69, 9.17) is 61.7 Å². The summed E-state index contributed by atoms with van der Waals surface area (Å²) in [6, 6.07) is 0. The largest absolute Gasteiger partial charge is 0.480 e. The average Bonchev–Trinajstić information content (AvgIpc) is 2.46. The Labute approximate surface area is 245 Å². The molecule has 28 heteroatoms. The van der Waals surface area contributed by atoms with E-state index in [9.17, 15) is 9.59 Å².